The summed E-state index contributed by atoms with van der Waals surface area (Å²) in [6.45, 7) is 2.22. The van der Waals surface area contributed by atoms with Crippen LogP contribution < -0.4 is 0 Å². The molecule has 2 heteroatoms. The highest BCUT2D eigenvalue weighted by atomic mass is 16.3. The molecule has 0 aromatic heterocycles. The van der Waals surface area contributed by atoms with E-state index < -0.39 is 0 Å². The van der Waals surface area contributed by atoms with Crippen LogP contribution in [0.4, 0.5) is 0 Å². The first-order valence-corrected chi connectivity index (χ1v) is 6.21. The van der Waals surface area contributed by atoms with E-state index in [0.29, 0.717) is 11.5 Å². The Labute approximate surface area is 107 Å². The Kier molecular flexibility index (Phi) is 2.34. The number of hydrogen-bond acceptors (Lipinski definition) is 2. The molecule has 18 heavy (non-hydrogen) atoms. The minimum absolute atomic E-state index is 0.0171. The lowest BCUT2D eigenvalue weighted by Crippen LogP contribution is -2.19. The van der Waals surface area contributed by atoms with Gasteiger partial charge in [-0.15, -0.1) is 0 Å². The fourth-order valence-corrected chi connectivity index (χ4v) is 2.97. The van der Waals surface area contributed by atoms with Crippen LogP contribution in [0, 0.1) is 0 Å². The zero-order valence-electron chi connectivity index (χ0n) is 10.4. The lowest BCUT2D eigenvalue weighted by atomic mass is 9.77. The Bertz CT molecular complexity index is 587. The number of rotatable bonds is 1. The summed E-state index contributed by atoms with van der Waals surface area (Å²) in [5.41, 5.74) is 3.71. The molecule has 0 fully saturated rings. The Morgan fingerprint density at radius 3 is 2.33 bits per heavy atom. The van der Waals surface area contributed by atoms with Crippen LogP contribution in [0.5, 0.6) is 11.5 Å². The minimum atomic E-state index is -0.0171. The molecule has 2 aromatic carbocycles. The van der Waals surface area contributed by atoms with Gasteiger partial charge in [0.15, 0.2) is 0 Å². The molecule has 0 radical (unpaired) electrons. The van der Waals surface area contributed by atoms with Gasteiger partial charge < -0.3 is 10.2 Å². The van der Waals surface area contributed by atoms with E-state index in [0.717, 1.165) is 12.8 Å². The van der Waals surface area contributed by atoms with Crippen LogP contribution in [0.25, 0.3) is 0 Å². The smallest absolute Gasteiger partial charge is 0.115 e. The molecule has 2 nitrogen and oxygen atoms in total. The van der Waals surface area contributed by atoms with E-state index in [1.165, 1.54) is 16.7 Å². The normalized spacial score (nSPS) is 21.8. The third-order valence-electron chi connectivity index (χ3n) is 4.08. The Balaban J connectivity index is 2.11. The fraction of sp³-hybridized carbons (Fsp3) is 0.250. The van der Waals surface area contributed by atoms with E-state index in [-0.39, 0.29) is 5.41 Å². The van der Waals surface area contributed by atoms with Crippen molar-refractivity contribution >= 4 is 0 Å². The fourth-order valence-electron chi connectivity index (χ4n) is 2.97. The van der Waals surface area contributed by atoms with Gasteiger partial charge in [-0.1, -0.05) is 25.1 Å². The number of aromatic hydroxyl groups is 2. The van der Waals surface area contributed by atoms with Crippen molar-refractivity contribution in [3.8, 4) is 11.5 Å². The predicted octanol–water partition coefficient (Wildman–Crippen LogP) is 3.35. The van der Waals surface area contributed by atoms with E-state index in [1.807, 2.05) is 24.3 Å². The molecular formula is C16H16O2. The largest absolute Gasteiger partial charge is 0.508 e. The SMILES string of the molecule is CC1(c2ccc(O)cc2)CCc2cc(O)ccc21. The highest BCUT2D eigenvalue weighted by Gasteiger charge is 2.35. The van der Waals surface area contributed by atoms with Gasteiger partial charge in [0.2, 0.25) is 0 Å². The zero-order chi connectivity index (χ0) is 12.8. The number of phenolic OH excluding ortho intramolecular Hbond substituents is 2. The second kappa shape index (κ2) is 3.77. The number of aryl methyl sites for hydroxylation is 1. The molecule has 1 aliphatic carbocycles. The Hall–Kier alpha value is -1.96. The second-order valence-corrected chi connectivity index (χ2v) is 5.22. The van der Waals surface area contributed by atoms with Crippen molar-refractivity contribution in [2.45, 2.75) is 25.2 Å². The van der Waals surface area contributed by atoms with Crippen molar-refractivity contribution in [2.24, 2.45) is 0 Å². The molecule has 0 heterocycles. The molecule has 0 aliphatic heterocycles. The molecule has 0 spiro atoms. The van der Waals surface area contributed by atoms with E-state index >= 15 is 0 Å². The maximum absolute atomic E-state index is 9.54. The molecule has 92 valence electrons. The van der Waals surface area contributed by atoms with Gasteiger partial charge in [0.05, 0.1) is 0 Å². The zero-order valence-corrected chi connectivity index (χ0v) is 10.4. The van der Waals surface area contributed by atoms with Crippen molar-refractivity contribution in [2.75, 3.05) is 0 Å². The topological polar surface area (TPSA) is 40.5 Å². The van der Waals surface area contributed by atoms with Crippen molar-refractivity contribution in [1.29, 1.82) is 0 Å². The molecule has 2 N–H and O–H groups in total. The van der Waals surface area contributed by atoms with Gasteiger partial charge in [0, 0.05) is 5.41 Å². The third kappa shape index (κ3) is 1.57. The summed E-state index contributed by atoms with van der Waals surface area (Å²) < 4.78 is 0. The van der Waals surface area contributed by atoms with Crippen LogP contribution in [0.2, 0.25) is 0 Å². The van der Waals surface area contributed by atoms with Crippen LogP contribution >= 0.6 is 0 Å². The van der Waals surface area contributed by atoms with Gasteiger partial charge in [-0.25, -0.2) is 0 Å². The maximum Gasteiger partial charge on any atom is 0.115 e. The van der Waals surface area contributed by atoms with Crippen LogP contribution in [0.15, 0.2) is 42.5 Å². The van der Waals surface area contributed by atoms with Crippen molar-refractivity contribution in [3.63, 3.8) is 0 Å². The minimum Gasteiger partial charge on any atom is -0.508 e. The predicted molar refractivity (Wildman–Crippen MR) is 71.0 cm³/mol. The van der Waals surface area contributed by atoms with Gasteiger partial charge in [0.25, 0.3) is 0 Å². The van der Waals surface area contributed by atoms with E-state index in [9.17, 15) is 10.2 Å². The molecule has 0 bridgehead atoms. The molecule has 0 saturated carbocycles. The first-order chi connectivity index (χ1) is 8.59. The van der Waals surface area contributed by atoms with Crippen LogP contribution in [-0.2, 0) is 11.8 Å². The number of fused-ring (bicyclic) bond motifs is 1. The van der Waals surface area contributed by atoms with Gasteiger partial charge in [-0.3, -0.25) is 0 Å². The average Bonchev–Trinajstić information content (AvgIpc) is 2.68. The molecule has 1 unspecified atom stereocenters. The van der Waals surface area contributed by atoms with Gasteiger partial charge >= 0.3 is 0 Å². The standard InChI is InChI=1S/C16H16O2/c1-16(12-2-4-13(17)5-3-12)9-8-11-10-14(18)6-7-15(11)16/h2-7,10,17-18H,8-9H2,1H3. The summed E-state index contributed by atoms with van der Waals surface area (Å²) in [5.74, 6) is 0.634. The molecular weight excluding hydrogens is 224 g/mol. The summed E-state index contributed by atoms with van der Waals surface area (Å²) >= 11 is 0. The van der Waals surface area contributed by atoms with E-state index in [1.54, 1.807) is 18.2 Å². The monoisotopic (exact) mass is 240 g/mol. The summed E-state index contributed by atoms with van der Waals surface area (Å²) in [5, 5.41) is 18.9. The van der Waals surface area contributed by atoms with Gasteiger partial charge in [0.1, 0.15) is 11.5 Å². The molecule has 0 saturated heterocycles. The van der Waals surface area contributed by atoms with E-state index in [4.69, 9.17) is 0 Å². The van der Waals surface area contributed by atoms with E-state index in [2.05, 4.69) is 6.92 Å². The van der Waals surface area contributed by atoms with Crippen LogP contribution in [-0.4, -0.2) is 10.2 Å². The number of phenols is 2. The lowest BCUT2D eigenvalue weighted by molar-refractivity contribution is 0.474. The first-order valence-electron chi connectivity index (χ1n) is 6.21. The van der Waals surface area contributed by atoms with Crippen molar-refractivity contribution < 1.29 is 10.2 Å². The quantitative estimate of drug-likeness (QED) is 0.802. The third-order valence-corrected chi connectivity index (χ3v) is 4.08. The molecule has 2 aromatic rings. The van der Waals surface area contributed by atoms with Crippen LogP contribution in [0.1, 0.15) is 30.0 Å². The van der Waals surface area contributed by atoms with Gasteiger partial charge in [-0.05, 0) is 53.8 Å². The number of hydrogen-bond donors (Lipinski definition) is 2. The molecule has 1 aliphatic rings. The molecule has 1 atom stereocenters. The maximum atomic E-state index is 9.54. The van der Waals surface area contributed by atoms with Crippen molar-refractivity contribution in [1.82, 2.24) is 0 Å². The number of benzene rings is 2. The highest BCUT2D eigenvalue weighted by molar-refractivity contribution is 5.50. The summed E-state index contributed by atoms with van der Waals surface area (Å²) in [6.07, 6.45) is 2.03. The summed E-state index contributed by atoms with van der Waals surface area (Å²) in [4.78, 5) is 0. The van der Waals surface area contributed by atoms with Gasteiger partial charge in [-0.2, -0.15) is 0 Å². The summed E-state index contributed by atoms with van der Waals surface area (Å²) in [7, 11) is 0. The molecule has 0 amide bonds. The Morgan fingerprint density at radius 1 is 0.944 bits per heavy atom. The summed E-state index contributed by atoms with van der Waals surface area (Å²) in [6, 6.07) is 13.1. The highest BCUT2D eigenvalue weighted by Crippen LogP contribution is 2.44. The second-order valence-electron chi connectivity index (χ2n) is 5.22. The molecule has 3 rings (SSSR count). The van der Waals surface area contributed by atoms with Crippen LogP contribution in [0.3, 0.4) is 0 Å². The Morgan fingerprint density at radius 2 is 1.61 bits per heavy atom. The first kappa shape index (κ1) is 11.1. The average molecular weight is 240 g/mol. The van der Waals surface area contributed by atoms with Crippen molar-refractivity contribution in [3.05, 3.63) is 59.2 Å². The lowest BCUT2D eigenvalue weighted by Gasteiger charge is -2.26.